The number of ether oxygens (including phenoxy) is 1. The molecule has 1 aromatic heterocycles. The van der Waals surface area contributed by atoms with Gasteiger partial charge >= 0.3 is 0 Å². The highest BCUT2D eigenvalue weighted by molar-refractivity contribution is 5.83. The van der Waals surface area contributed by atoms with Gasteiger partial charge in [-0.3, -0.25) is 4.79 Å². The second kappa shape index (κ2) is 10.6. The van der Waals surface area contributed by atoms with Crippen LogP contribution in [0.3, 0.4) is 0 Å². The summed E-state index contributed by atoms with van der Waals surface area (Å²) in [6.45, 7) is 2.10. The molecule has 6 rings (SSSR count). The molecule has 0 unspecified atom stereocenters. The third kappa shape index (κ3) is 5.07. The summed E-state index contributed by atoms with van der Waals surface area (Å²) in [5.74, 6) is 1.51. The second-order valence-corrected chi connectivity index (χ2v) is 9.64. The van der Waals surface area contributed by atoms with Crippen molar-refractivity contribution in [2.24, 2.45) is 0 Å². The van der Waals surface area contributed by atoms with E-state index in [0.717, 1.165) is 65.5 Å². The van der Waals surface area contributed by atoms with Gasteiger partial charge in [0, 0.05) is 36.7 Å². The van der Waals surface area contributed by atoms with Crippen LogP contribution < -0.4 is 15.6 Å². The van der Waals surface area contributed by atoms with Crippen LogP contribution in [0.1, 0.15) is 24.0 Å². The van der Waals surface area contributed by atoms with Crippen molar-refractivity contribution in [1.29, 1.82) is 0 Å². The number of hydrogen-bond donors (Lipinski definition) is 3. The highest BCUT2D eigenvalue weighted by Gasteiger charge is 2.29. The molecule has 192 valence electrons. The lowest BCUT2D eigenvalue weighted by Crippen LogP contribution is -2.47. The number of aromatic nitrogens is 1. The van der Waals surface area contributed by atoms with Gasteiger partial charge in [-0.1, -0.05) is 48.5 Å². The van der Waals surface area contributed by atoms with Crippen molar-refractivity contribution in [3.05, 3.63) is 119 Å². The molecule has 4 aromatic rings. The zero-order valence-electron chi connectivity index (χ0n) is 21.0. The Morgan fingerprint density at radius 1 is 0.868 bits per heavy atom. The molecule has 0 aliphatic carbocycles. The number of aromatic amines is 1. The highest BCUT2D eigenvalue weighted by atomic mass is 16.5. The largest absolute Gasteiger partial charge is 0.457 e. The maximum Gasteiger partial charge on any atom is 0.257 e. The summed E-state index contributed by atoms with van der Waals surface area (Å²) in [4.78, 5) is 16.2. The highest BCUT2D eigenvalue weighted by Crippen LogP contribution is 2.34. The predicted octanol–water partition coefficient (Wildman–Crippen LogP) is 5.43. The third-order valence-corrected chi connectivity index (χ3v) is 7.07. The SMILES string of the molecule is O=c1[nH]cc(-c2ccccc2)c2c1C(Nc1ccc(Oc3ccccc3)cc1)=CN(N1CCC(O)CC1)C2. The fraction of sp³-hybridized carbons (Fsp3) is 0.194. The van der Waals surface area contributed by atoms with E-state index in [9.17, 15) is 9.90 Å². The fourth-order valence-electron chi connectivity index (χ4n) is 5.09. The van der Waals surface area contributed by atoms with E-state index in [1.54, 1.807) is 0 Å². The van der Waals surface area contributed by atoms with Crippen molar-refractivity contribution in [2.45, 2.75) is 25.5 Å². The normalized spacial score (nSPS) is 16.0. The number of anilines is 1. The van der Waals surface area contributed by atoms with Crippen LogP contribution >= 0.6 is 0 Å². The molecular weight excluding hydrogens is 476 g/mol. The van der Waals surface area contributed by atoms with Gasteiger partial charge < -0.3 is 25.2 Å². The van der Waals surface area contributed by atoms with Crippen LogP contribution in [0.25, 0.3) is 16.8 Å². The number of pyridine rings is 1. The number of fused-ring (bicyclic) bond motifs is 1. The molecule has 7 heteroatoms. The molecule has 2 aliphatic heterocycles. The maximum absolute atomic E-state index is 13.2. The first kappa shape index (κ1) is 24.0. The molecule has 7 nitrogen and oxygen atoms in total. The van der Waals surface area contributed by atoms with Crippen LogP contribution in [0.2, 0.25) is 0 Å². The number of benzene rings is 3. The Labute approximate surface area is 221 Å². The number of aliphatic hydroxyl groups is 1. The van der Waals surface area contributed by atoms with Crippen LogP contribution in [-0.2, 0) is 6.54 Å². The van der Waals surface area contributed by atoms with E-state index < -0.39 is 0 Å². The summed E-state index contributed by atoms with van der Waals surface area (Å²) in [7, 11) is 0. The van der Waals surface area contributed by atoms with E-state index >= 15 is 0 Å². The topological polar surface area (TPSA) is 80.8 Å². The summed E-state index contributed by atoms with van der Waals surface area (Å²) in [6, 6.07) is 27.5. The quantitative estimate of drug-likeness (QED) is 0.324. The van der Waals surface area contributed by atoms with Crippen molar-refractivity contribution < 1.29 is 9.84 Å². The number of aliphatic hydroxyl groups excluding tert-OH is 1. The smallest absolute Gasteiger partial charge is 0.257 e. The van der Waals surface area contributed by atoms with Gasteiger partial charge in [0.2, 0.25) is 0 Å². The zero-order chi connectivity index (χ0) is 25.9. The van der Waals surface area contributed by atoms with Gasteiger partial charge in [0.25, 0.3) is 5.56 Å². The Morgan fingerprint density at radius 3 is 2.24 bits per heavy atom. The van der Waals surface area contributed by atoms with Crippen molar-refractivity contribution >= 4 is 11.4 Å². The van der Waals surface area contributed by atoms with Crippen LogP contribution in [0.4, 0.5) is 5.69 Å². The molecule has 3 N–H and O–H groups in total. The van der Waals surface area contributed by atoms with E-state index in [2.05, 4.69) is 32.5 Å². The van der Waals surface area contributed by atoms with E-state index in [1.165, 1.54) is 0 Å². The number of para-hydroxylation sites is 1. The Kier molecular flexibility index (Phi) is 6.69. The summed E-state index contributed by atoms with van der Waals surface area (Å²) in [6.07, 6.45) is 5.02. The van der Waals surface area contributed by atoms with E-state index in [4.69, 9.17) is 4.74 Å². The van der Waals surface area contributed by atoms with Crippen molar-refractivity contribution in [2.75, 3.05) is 18.4 Å². The summed E-state index contributed by atoms with van der Waals surface area (Å²) in [5, 5.41) is 18.0. The molecule has 0 amide bonds. The lowest BCUT2D eigenvalue weighted by atomic mass is 9.94. The third-order valence-electron chi connectivity index (χ3n) is 7.07. The monoisotopic (exact) mass is 506 g/mol. The number of piperidine rings is 1. The molecule has 3 aromatic carbocycles. The molecule has 0 spiro atoms. The Balaban J connectivity index is 1.34. The molecule has 0 bridgehead atoms. The Morgan fingerprint density at radius 2 is 1.53 bits per heavy atom. The molecule has 0 saturated carbocycles. The molecular formula is C31H30N4O3. The first-order valence-corrected chi connectivity index (χ1v) is 13.0. The van der Waals surface area contributed by atoms with Crippen LogP contribution in [0.15, 0.2) is 102 Å². The lowest BCUT2D eigenvalue weighted by Gasteiger charge is -2.41. The Hall–Kier alpha value is -4.33. The number of hydrogen-bond acceptors (Lipinski definition) is 6. The van der Waals surface area contributed by atoms with Gasteiger partial charge in [-0.05, 0) is 60.4 Å². The molecule has 38 heavy (non-hydrogen) atoms. The number of hydrazine groups is 1. The second-order valence-electron chi connectivity index (χ2n) is 9.64. The van der Waals surface area contributed by atoms with Gasteiger partial charge in [-0.25, -0.2) is 5.01 Å². The number of nitrogens with zero attached hydrogens (tertiary/aromatic N) is 2. The molecule has 3 heterocycles. The molecule has 0 atom stereocenters. The average Bonchev–Trinajstić information content (AvgIpc) is 2.95. The lowest BCUT2D eigenvalue weighted by molar-refractivity contribution is -0.0369. The van der Waals surface area contributed by atoms with E-state index in [0.29, 0.717) is 12.1 Å². The number of nitrogens with one attached hydrogen (secondary N) is 2. The van der Waals surface area contributed by atoms with Gasteiger partial charge in [-0.2, -0.15) is 0 Å². The maximum atomic E-state index is 13.2. The average molecular weight is 507 g/mol. The minimum Gasteiger partial charge on any atom is -0.457 e. The van der Waals surface area contributed by atoms with E-state index in [-0.39, 0.29) is 11.7 Å². The van der Waals surface area contributed by atoms with Gasteiger partial charge in [0.05, 0.1) is 23.9 Å². The van der Waals surface area contributed by atoms with Gasteiger partial charge in [-0.15, -0.1) is 0 Å². The van der Waals surface area contributed by atoms with Gasteiger partial charge in [0.1, 0.15) is 11.5 Å². The molecule has 0 radical (unpaired) electrons. The minimum atomic E-state index is -0.260. The van der Waals surface area contributed by atoms with Crippen LogP contribution in [0.5, 0.6) is 11.5 Å². The predicted molar refractivity (Wildman–Crippen MR) is 149 cm³/mol. The zero-order valence-corrected chi connectivity index (χ0v) is 21.0. The standard InChI is InChI=1S/C31H30N4O3/c36-24-15-17-34(18-16-24)35-20-28-27(22-7-3-1-4-8-22)19-32-31(37)30(28)29(21-35)33-23-11-13-26(14-12-23)38-25-9-5-2-6-10-25/h1-14,19,21,24,33,36H,15-18,20H2,(H,32,37). The summed E-state index contributed by atoms with van der Waals surface area (Å²) < 4.78 is 5.94. The first-order chi connectivity index (χ1) is 18.6. The Bertz CT molecular complexity index is 1480. The van der Waals surface area contributed by atoms with E-state index in [1.807, 2.05) is 85.2 Å². The fourth-order valence-corrected chi connectivity index (χ4v) is 5.09. The molecule has 2 aliphatic rings. The number of H-pyrrole nitrogens is 1. The van der Waals surface area contributed by atoms with Crippen molar-refractivity contribution in [3.8, 4) is 22.6 Å². The van der Waals surface area contributed by atoms with Crippen LogP contribution in [-0.4, -0.2) is 39.3 Å². The molecule has 1 fully saturated rings. The van der Waals surface area contributed by atoms with Crippen LogP contribution in [0, 0.1) is 0 Å². The van der Waals surface area contributed by atoms with Crippen molar-refractivity contribution in [1.82, 2.24) is 15.0 Å². The number of rotatable bonds is 6. The van der Waals surface area contributed by atoms with Gasteiger partial charge in [0.15, 0.2) is 0 Å². The minimum absolute atomic E-state index is 0.129. The molecule has 1 saturated heterocycles. The van der Waals surface area contributed by atoms with Crippen molar-refractivity contribution in [3.63, 3.8) is 0 Å². The first-order valence-electron chi connectivity index (χ1n) is 13.0. The summed E-state index contributed by atoms with van der Waals surface area (Å²) >= 11 is 0. The summed E-state index contributed by atoms with van der Waals surface area (Å²) in [5.41, 5.74) is 5.12.